The van der Waals surface area contributed by atoms with Crippen molar-refractivity contribution < 1.29 is 29.6 Å². The molecular formula is C16H22O6. The molecule has 0 aromatic carbocycles. The highest BCUT2D eigenvalue weighted by molar-refractivity contribution is 6.00. The fourth-order valence-electron chi connectivity index (χ4n) is 5.51. The van der Waals surface area contributed by atoms with Gasteiger partial charge in [-0.1, -0.05) is 6.92 Å². The smallest absolute Gasteiger partial charge is 0.187 e. The number of fused-ring (bicyclic) bond motifs is 2. The van der Waals surface area contributed by atoms with Crippen LogP contribution in [0.2, 0.25) is 0 Å². The van der Waals surface area contributed by atoms with Crippen molar-refractivity contribution in [1.82, 2.24) is 0 Å². The highest BCUT2D eigenvalue weighted by atomic mass is 16.7. The normalized spacial score (nSPS) is 59.5. The lowest BCUT2D eigenvalue weighted by Gasteiger charge is -2.58. The molecule has 2 aliphatic heterocycles. The Labute approximate surface area is 128 Å². The number of carbonyl (C=O) groups excluding carboxylic acids is 1. The van der Waals surface area contributed by atoms with Gasteiger partial charge in [-0.15, -0.1) is 0 Å². The van der Waals surface area contributed by atoms with Crippen LogP contribution in [0.15, 0.2) is 11.6 Å². The maximum absolute atomic E-state index is 12.4. The summed E-state index contributed by atoms with van der Waals surface area (Å²) in [6.07, 6.45) is -1.35. The van der Waals surface area contributed by atoms with E-state index in [0.29, 0.717) is 12.0 Å². The van der Waals surface area contributed by atoms with Crippen LogP contribution in [-0.2, 0) is 14.3 Å². The molecule has 4 aliphatic rings. The van der Waals surface area contributed by atoms with Crippen LogP contribution in [0.5, 0.6) is 0 Å². The Morgan fingerprint density at radius 2 is 2.05 bits per heavy atom. The van der Waals surface area contributed by atoms with Crippen LogP contribution in [0, 0.1) is 10.8 Å². The van der Waals surface area contributed by atoms with Gasteiger partial charge < -0.3 is 24.8 Å². The molecule has 2 saturated heterocycles. The first-order valence-electron chi connectivity index (χ1n) is 7.79. The standard InChI is InChI=1S/C16H22O6/c1-7-4-10-15(6-17,12(20)11(7)19)14(3)5-9(18)13(21-10)16(14)8(2)22-16/h4,8-10,12-13,17-18,20H,5-6H2,1-3H3/t8?,9-,10-,12-,13-,14-,15-,16+/m1/s1. The van der Waals surface area contributed by atoms with Gasteiger partial charge in [0.15, 0.2) is 5.78 Å². The third-order valence-electron chi connectivity index (χ3n) is 6.79. The fraction of sp³-hybridized carbons (Fsp3) is 0.812. The van der Waals surface area contributed by atoms with E-state index in [9.17, 15) is 20.1 Å². The molecule has 6 nitrogen and oxygen atoms in total. The van der Waals surface area contributed by atoms with Gasteiger partial charge in [-0.3, -0.25) is 4.79 Å². The summed E-state index contributed by atoms with van der Waals surface area (Å²) in [4.78, 5) is 12.4. The first-order chi connectivity index (χ1) is 10.3. The quantitative estimate of drug-likeness (QED) is 0.567. The SMILES string of the molecule is CC1=C[C@H]2O[C@@H]3[C@H](O)C[C@](C)([C@@]2(CO)[C@H](O)C1=O)[C@@]31OC1C. The molecular weight excluding hydrogens is 288 g/mol. The Hall–Kier alpha value is -0.790. The predicted molar refractivity (Wildman–Crippen MR) is 75.0 cm³/mol. The lowest BCUT2D eigenvalue weighted by molar-refractivity contribution is -0.244. The summed E-state index contributed by atoms with van der Waals surface area (Å²) in [7, 11) is 0. The first-order valence-corrected chi connectivity index (χ1v) is 7.79. The van der Waals surface area contributed by atoms with E-state index in [2.05, 4.69) is 0 Å². The Morgan fingerprint density at radius 1 is 1.41 bits per heavy atom. The molecule has 3 N–H and O–H groups in total. The van der Waals surface area contributed by atoms with Crippen molar-refractivity contribution in [2.45, 2.75) is 63.3 Å². The van der Waals surface area contributed by atoms with E-state index in [1.807, 2.05) is 13.8 Å². The molecule has 0 amide bonds. The van der Waals surface area contributed by atoms with Crippen molar-refractivity contribution in [2.75, 3.05) is 6.61 Å². The van der Waals surface area contributed by atoms with Gasteiger partial charge in [-0.05, 0) is 31.9 Å². The second kappa shape index (κ2) is 3.99. The molecule has 6 heteroatoms. The van der Waals surface area contributed by atoms with Crippen molar-refractivity contribution in [2.24, 2.45) is 10.8 Å². The average Bonchev–Trinajstić information content (AvgIpc) is 3.10. The van der Waals surface area contributed by atoms with Crippen LogP contribution in [0.3, 0.4) is 0 Å². The molecule has 0 aromatic rings. The number of aliphatic hydroxyl groups is 3. The maximum Gasteiger partial charge on any atom is 0.187 e. The van der Waals surface area contributed by atoms with Gasteiger partial charge in [0.25, 0.3) is 0 Å². The topological polar surface area (TPSA) is 99.5 Å². The van der Waals surface area contributed by atoms with Crippen molar-refractivity contribution in [3.05, 3.63) is 11.6 Å². The zero-order valence-corrected chi connectivity index (χ0v) is 12.9. The molecule has 1 spiro atoms. The first kappa shape index (κ1) is 14.8. The Balaban J connectivity index is 1.95. The van der Waals surface area contributed by atoms with Gasteiger partial charge in [0.05, 0.1) is 30.3 Å². The minimum absolute atomic E-state index is 0.140. The van der Waals surface area contributed by atoms with Gasteiger partial charge >= 0.3 is 0 Å². The number of rotatable bonds is 1. The highest BCUT2D eigenvalue weighted by Crippen LogP contribution is 2.73. The van der Waals surface area contributed by atoms with Crippen LogP contribution < -0.4 is 0 Å². The molecule has 4 rings (SSSR count). The monoisotopic (exact) mass is 310 g/mol. The van der Waals surface area contributed by atoms with Crippen molar-refractivity contribution in [1.29, 1.82) is 0 Å². The number of ketones is 1. The average molecular weight is 310 g/mol. The number of epoxide rings is 1. The number of carbonyl (C=O) groups is 1. The summed E-state index contributed by atoms with van der Waals surface area (Å²) >= 11 is 0. The zero-order chi connectivity index (χ0) is 16.1. The molecule has 0 aromatic heterocycles. The minimum atomic E-state index is -1.36. The van der Waals surface area contributed by atoms with E-state index in [1.165, 1.54) is 0 Å². The Bertz CT molecular complexity index is 587. The van der Waals surface area contributed by atoms with E-state index >= 15 is 0 Å². The summed E-state index contributed by atoms with van der Waals surface area (Å²) in [5.74, 6) is -0.390. The zero-order valence-electron chi connectivity index (χ0n) is 12.9. The number of aliphatic hydroxyl groups excluding tert-OH is 3. The molecule has 1 unspecified atom stereocenters. The molecule has 1 saturated carbocycles. The van der Waals surface area contributed by atoms with E-state index in [-0.39, 0.29) is 6.10 Å². The molecule has 2 bridgehead atoms. The third kappa shape index (κ3) is 1.22. The lowest BCUT2D eigenvalue weighted by atomic mass is 9.50. The Morgan fingerprint density at radius 3 is 2.59 bits per heavy atom. The third-order valence-corrected chi connectivity index (χ3v) is 6.79. The van der Waals surface area contributed by atoms with E-state index in [0.717, 1.165) is 0 Å². The predicted octanol–water partition coefficient (Wildman–Crippen LogP) is -0.449. The second-order valence-electron chi connectivity index (χ2n) is 7.45. The fourth-order valence-corrected chi connectivity index (χ4v) is 5.51. The summed E-state index contributed by atoms with van der Waals surface area (Å²) in [5, 5.41) is 31.4. The molecule has 8 atom stereocenters. The van der Waals surface area contributed by atoms with Gasteiger partial charge in [0, 0.05) is 5.41 Å². The minimum Gasteiger partial charge on any atom is -0.396 e. The van der Waals surface area contributed by atoms with E-state index < -0.39 is 53.2 Å². The number of hydrogen-bond acceptors (Lipinski definition) is 6. The summed E-state index contributed by atoms with van der Waals surface area (Å²) in [6, 6.07) is 0. The van der Waals surface area contributed by atoms with E-state index in [1.54, 1.807) is 13.0 Å². The summed E-state index contributed by atoms with van der Waals surface area (Å²) < 4.78 is 11.9. The van der Waals surface area contributed by atoms with Crippen LogP contribution in [0.4, 0.5) is 0 Å². The van der Waals surface area contributed by atoms with Crippen LogP contribution in [0.1, 0.15) is 27.2 Å². The summed E-state index contributed by atoms with van der Waals surface area (Å²) in [5.41, 5.74) is -2.25. The van der Waals surface area contributed by atoms with E-state index in [4.69, 9.17) is 9.47 Å². The van der Waals surface area contributed by atoms with Gasteiger partial charge in [-0.2, -0.15) is 0 Å². The van der Waals surface area contributed by atoms with Gasteiger partial charge in [0.1, 0.15) is 17.8 Å². The summed E-state index contributed by atoms with van der Waals surface area (Å²) in [6.45, 7) is 5.03. The highest BCUT2D eigenvalue weighted by Gasteiger charge is 2.85. The lowest BCUT2D eigenvalue weighted by Crippen LogP contribution is -2.70. The molecule has 22 heavy (non-hydrogen) atoms. The molecule has 3 fully saturated rings. The van der Waals surface area contributed by atoms with Crippen molar-refractivity contribution in [3.8, 4) is 0 Å². The molecule has 0 radical (unpaired) electrons. The van der Waals surface area contributed by atoms with Crippen LogP contribution in [0.25, 0.3) is 0 Å². The van der Waals surface area contributed by atoms with Crippen LogP contribution >= 0.6 is 0 Å². The maximum atomic E-state index is 12.4. The largest absolute Gasteiger partial charge is 0.396 e. The Kier molecular flexibility index (Phi) is 2.68. The molecule has 2 heterocycles. The van der Waals surface area contributed by atoms with Gasteiger partial charge in [-0.25, -0.2) is 0 Å². The van der Waals surface area contributed by atoms with Crippen molar-refractivity contribution >= 4 is 5.78 Å². The molecule has 122 valence electrons. The van der Waals surface area contributed by atoms with Gasteiger partial charge in [0.2, 0.25) is 0 Å². The van der Waals surface area contributed by atoms with Crippen molar-refractivity contribution in [3.63, 3.8) is 0 Å². The van der Waals surface area contributed by atoms with Crippen LogP contribution in [-0.4, -0.2) is 63.8 Å². The number of Topliss-reactive ketones (excluding diaryl/α,β-unsaturated/α-hetero) is 1. The molecule has 2 aliphatic carbocycles. The number of ether oxygens (including phenoxy) is 2. The number of hydrogen-bond donors (Lipinski definition) is 3. The second-order valence-corrected chi connectivity index (χ2v) is 7.45.